The average molecular weight is 690 g/mol. The zero-order valence-corrected chi connectivity index (χ0v) is 27.9. The number of hydrogen-bond donors (Lipinski definition) is 4. The van der Waals surface area contributed by atoms with Crippen LogP contribution in [-0.4, -0.2) is 34.0 Å². The molecule has 246 valence electrons. The van der Waals surface area contributed by atoms with Crippen LogP contribution in [-0.2, 0) is 9.59 Å². The fourth-order valence-electron chi connectivity index (χ4n) is 4.81. The van der Waals surface area contributed by atoms with Gasteiger partial charge in [-0.1, -0.05) is 97.4 Å². The zero-order valence-electron chi connectivity index (χ0n) is 26.4. The molecule has 0 saturated carbocycles. The Bertz CT molecular complexity index is 2000. The number of rotatable bonds is 12. The number of halogens is 1. The van der Waals surface area contributed by atoms with Crippen molar-refractivity contribution in [3.05, 3.63) is 155 Å². The summed E-state index contributed by atoms with van der Waals surface area (Å²) in [6, 6.07) is 37.3. The molecule has 0 aliphatic heterocycles. The van der Waals surface area contributed by atoms with Gasteiger partial charge in [-0.2, -0.15) is 0 Å². The van der Waals surface area contributed by atoms with Gasteiger partial charge in [0.05, 0.1) is 21.5 Å². The van der Waals surface area contributed by atoms with Gasteiger partial charge in [0.15, 0.2) is 0 Å². The predicted octanol–water partition coefficient (Wildman–Crippen LogP) is 8.62. The summed E-state index contributed by atoms with van der Waals surface area (Å²) in [4.78, 5) is 52.0. The van der Waals surface area contributed by atoms with Crippen LogP contribution in [0.4, 0.5) is 11.4 Å². The Morgan fingerprint density at radius 1 is 0.755 bits per heavy atom. The summed E-state index contributed by atoms with van der Waals surface area (Å²) >= 11 is 7.50. The van der Waals surface area contributed by atoms with E-state index in [1.54, 1.807) is 54.6 Å². The lowest BCUT2D eigenvalue weighted by atomic mass is 10.0. The SMILES string of the molecule is CCC(Sc1cccc(NC(=O)/C(=C\c2ccc(-c3ccccc3)cc2)NC(=O)c2ccccc2)c1)C(=O)Nc1cc(C(=O)O)ccc1Cl. The average Bonchev–Trinajstić information content (AvgIpc) is 3.12. The van der Waals surface area contributed by atoms with E-state index in [0.29, 0.717) is 28.1 Å². The summed E-state index contributed by atoms with van der Waals surface area (Å²) in [5.74, 6) is -2.45. The molecule has 1 atom stereocenters. The Hall–Kier alpha value is -5.64. The van der Waals surface area contributed by atoms with Crippen molar-refractivity contribution in [2.24, 2.45) is 0 Å². The number of carboxylic acid groups (broad SMARTS) is 1. The number of thioether (sulfide) groups is 1. The minimum Gasteiger partial charge on any atom is -0.478 e. The molecule has 5 rings (SSSR count). The molecule has 0 radical (unpaired) electrons. The number of carbonyl (C=O) groups is 4. The maximum Gasteiger partial charge on any atom is 0.335 e. The monoisotopic (exact) mass is 689 g/mol. The van der Waals surface area contributed by atoms with Gasteiger partial charge in [0.2, 0.25) is 5.91 Å². The van der Waals surface area contributed by atoms with Crippen LogP contribution in [0, 0.1) is 0 Å². The van der Waals surface area contributed by atoms with Crippen molar-refractivity contribution in [2.75, 3.05) is 10.6 Å². The molecule has 0 fully saturated rings. The third-order valence-electron chi connectivity index (χ3n) is 7.36. The van der Waals surface area contributed by atoms with Gasteiger partial charge in [0, 0.05) is 16.1 Å². The second-order valence-corrected chi connectivity index (χ2v) is 12.5. The number of carbonyl (C=O) groups excluding carboxylic acids is 3. The number of aromatic carboxylic acids is 1. The highest BCUT2D eigenvalue weighted by atomic mass is 35.5. The molecule has 8 nitrogen and oxygen atoms in total. The highest BCUT2D eigenvalue weighted by Gasteiger charge is 2.21. The first kappa shape index (κ1) is 34.7. The third-order valence-corrected chi connectivity index (χ3v) is 9.05. The molecule has 0 aliphatic rings. The molecule has 49 heavy (non-hydrogen) atoms. The predicted molar refractivity (Wildman–Crippen MR) is 196 cm³/mol. The number of hydrogen-bond acceptors (Lipinski definition) is 5. The van der Waals surface area contributed by atoms with Crippen molar-refractivity contribution in [1.29, 1.82) is 0 Å². The highest BCUT2D eigenvalue weighted by Crippen LogP contribution is 2.30. The number of carboxylic acids is 1. The van der Waals surface area contributed by atoms with Crippen LogP contribution in [0.25, 0.3) is 17.2 Å². The molecule has 0 saturated heterocycles. The molecule has 5 aromatic carbocycles. The van der Waals surface area contributed by atoms with Gasteiger partial charge in [-0.05, 0) is 77.7 Å². The van der Waals surface area contributed by atoms with Crippen LogP contribution in [0.1, 0.15) is 39.6 Å². The van der Waals surface area contributed by atoms with Gasteiger partial charge in [-0.15, -0.1) is 11.8 Å². The Balaban J connectivity index is 1.33. The Labute approximate surface area is 293 Å². The molecule has 3 amide bonds. The topological polar surface area (TPSA) is 125 Å². The lowest BCUT2D eigenvalue weighted by molar-refractivity contribution is -0.116. The van der Waals surface area contributed by atoms with Gasteiger partial charge in [0.1, 0.15) is 5.70 Å². The van der Waals surface area contributed by atoms with Gasteiger partial charge in [-0.25, -0.2) is 4.79 Å². The first-order valence-corrected chi connectivity index (χ1v) is 16.6. The molecular weight excluding hydrogens is 658 g/mol. The van der Waals surface area contributed by atoms with E-state index in [-0.39, 0.29) is 27.9 Å². The maximum absolute atomic E-state index is 13.7. The van der Waals surface area contributed by atoms with E-state index in [4.69, 9.17) is 11.6 Å². The summed E-state index contributed by atoms with van der Waals surface area (Å²) in [7, 11) is 0. The van der Waals surface area contributed by atoms with E-state index >= 15 is 0 Å². The zero-order chi connectivity index (χ0) is 34.8. The van der Waals surface area contributed by atoms with Crippen molar-refractivity contribution in [1.82, 2.24) is 5.32 Å². The Morgan fingerprint density at radius 3 is 2.10 bits per heavy atom. The van der Waals surface area contributed by atoms with Crippen LogP contribution < -0.4 is 16.0 Å². The van der Waals surface area contributed by atoms with E-state index in [9.17, 15) is 24.3 Å². The summed E-state index contributed by atoms with van der Waals surface area (Å²) in [5.41, 5.74) is 3.91. The van der Waals surface area contributed by atoms with Gasteiger partial charge in [-0.3, -0.25) is 14.4 Å². The molecule has 0 aliphatic carbocycles. The summed E-state index contributed by atoms with van der Waals surface area (Å²) in [6.45, 7) is 1.86. The quantitative estimate of drug-likeness (QED) is 0.0768. The minimum absolute atomic E-state index is 0.00132. The fourth-order valence-corrected chi connectivity index (χ4v) is 5.99. The number of anilines is 2. The van der Waals surface area contributed by atoms with Gasteiger partial charge < -0.3 is 21.1 Å². The smallest absolute Gasteiger partial charge is 0.335 e. The third kappa shape index (κ3) is 9.47. The van der Waals surface area contributed by atoms with Crippen molar-refractivity contribution in [2.45, 2.75) is 23.5 Å². The number of benzene rings is 5. The van der Waals surface area contributed by atoms with Crippen LogP contribution in [0.2, 0.25) is 5.02 Å². The van der Waals surface area contributed by atoms with Crippen molar-refractivity contribution >= 4 is 64.5 Å². The molecule has 10 heteroatoms. The molecule has 0 heterocycles. The lowest BCUT2D eigenvalue weighted by Crippen LogP contribution is -2.30. The molecular formula is C39H32ClN3O5S. The van der Waals surface area contributed by atoms with Crippen LogP contribution >= 0.6 is 23.4 Å². The van der Waals surface area contributed by atoms with E-state index < -0.39 is 23.0 Å². The van der Waals surface area contributed by atoms with Crippen LogP contribution in [0.5, 0.6) is 0 Å². The minimum atomic E-state index is -1.13. The first-order valence-electron chi connectivity index (χ1n) is 15.4. The molecule has 4 N–H and O–H groups in total. The van der Waals surface area contributed by atoms with Crippen molar-refractivity contribution in [3.8, 4) is 11.1 Å². The maximum atomic E-state index is 13.7. The number of amides is 3. The Kier molecular flexibility index (Phi) is 11.6. The van der Waals surface area contributed by atoms with Gasteiger partial charge in [0.25, 0.3) is 11.8 Å². The second-order valence-electron chi connectivity index (χ2n) is 10.9. The molecule has 0 bridgehead atoms. The fraction of sp³-hybridized carbons (Fsp3) is 0.0769. The van der Waals surface area contributed by atoms with E-state index in [1.165, 1.54) is 30.0 Å². The Morgan fingerprint density at radius 2 is 1.43 bits per heavy atom. The van der Waals surface area contributed by atoms with Gasteiger partial charge >= 0.3 is 5.97 Å². The lowest BCUT2D eigenvalue weighted by Gasteiger charge is -2.17. The molecule has 0 aromatic heterocycles. The first-order chi connectivity index (χ1) is 23.7. The van der Waals surface area contributed by atoms with E-state index in [2.05, 4.69) is 16.0 Å². The summed E-state index contributed by atoms with van der Waals surface area (Å²) < 4.78 is 0. The number of nitrogens with one attached hydrogen (secondary N) is 3. The van der Waals surface area contributed by atoms with E-state index in [1.807, 2.05) is 67.6 Å². The molecule has 5 aromatic rings. The standard InChI is InChI=1S/C39H32ClN3O5S/c1-2-35(38(46)42-33-23-29(39(47)48)20-21-32(33)40)49-31-15-9-14-30(24-31)41-37(45)34(43-36(44)28-12-7-4-8-13-28)22-25-16-18-27(19-17-25)26-10-5-3-6-11-26/h3-24,35H,2H2,1H3,(H,41,45)(H,42,46)(H,43,44)(H,47,48)/b34-22+. The second kappa shape index (κ2) is 16.5. The van der Waals surface area contributed by atoms with E-state index in [0.717, 1.165) is 11.1 Å². The highest BCUT2D eigenvalue weighted by molar-refractivity contribution is 8.00. The van der Waals surface area contributed by atoms with Crippen LogP contribution in [0.3, 0.4) is 0 Å². The molecule has 1 unspecified atom stereocenters. The summed E-state index contributed by atoms with van der Waals surface area (Å²) in [5, 5.41) is 17.4. The van der Waals surface area contributed by atoms with Crippen molar-refractivity contribution in [3.63, 3.8) is 0 Å². The normalized spacial score (nSPS) is 11.7. The largest absolute Gasteiger partial charge is 0.478 e. The van der Waals surface area contributed by atoms with Crippen LogP contribution in [0.15, 0.2) is 138 Å². The summed E-state index contributed by atoms with van der Waals surface area (Å²) in [6.07, 6.45) is 2.08. The molecule has 0 spiro atoms. The van der Waals surface area contributed by atoms with Crippen molar-refractivity contribution < 1.29 is 24.3 Å².